The van der Waals surface area contributed by atoms with Crippen LogP contribution in [0.25, 0.3) is 0 Å². The van der Waals surface area contributed by atoms with Crippen LogP contribution in [-0.2, 0) is 4.79 Å². The van der Waals surface area contributed by atoms with E-state index >= 15 is 0 Å². The van der Waals surface area contributed by atoms with Crippen LogP contribution in [0.15, 0.2) is 0 Å². The molecule has 0 aromatic heterocycles. The zero-order valence-electron chi connectivity index (χ0n) is 12.2. The fraction of sp³-hybridized carbons (Fsp3) is 0.857. The summed E-state index contributed by atoms with van der Waals surface area (Å²) in [7, 11) is 1.72. The molecule has 0 spiro atoms. The number of rotatable bonds is 5. The summed E-state index contributed by atoms with van der Waals surface area (Å²) in [5.41, 5.74) is 0. The van der Waals surface area contributed by atoms with E-state index in [-0.39, 0.29) is 18.5 Å². The number of hydrogen-bond acceptors (Lipinski definition) is 2. The molecule has 0 bridgehead atoms. The average Bonchev–Trinajstić information content (AvgIpc) is 2.32. The highest BCUT2D eigenvalue weighted by Crippen LogP contribution is 2.28. The van der Waals surface area contributed by atoms with Crippen LogP contribution in [0.3, 0.4) is 0 Å². The van der Waals surface area contributed by atoms with Gasteiger partial charge in [-0.05, 0) is 37.5 Å². The van der Waals surface area contributed by atoms with Crippen molar-refractivity contribution in [2.45, 2.75) is 52.0 Å². The van der Waals surface area contributed by atoms with E-state index < -0.39 is 5.97 Å². The Balaban J connectivity index is 2.31. The second kappa shape index (κ2) is 7.36. The van der Waals surface area contributed by atoms with E-state index in [2.05, 4.69) is 19.2 Å². The molecule has 0 heterocycles. The average molecular weight is 270 g/mol. The Morgan fingerprint density at radius 3 is 2.58 bits per heavy atom. The lowest BCUT2D eigenvalue weighted by Crippen LogP contribution is -2.47. The maximum atomic E-state index is 12.0. The van der Waals surface area contributed by atoms with Crippen LogP contribution in [0.4, 0.5) is 4.79 Å². The largest absolute Gasteiger partial charge is 0.481 e. The minimum Gasteiger partial charge on any atom is -0.481 e. The number of urea groups is 1. The number of aliphatic carboxylic acids is 1. The maximum Gasteiger partial charge on any atom is 0.317 e. The first kappa shape index (κ1) is 15.8. The molecule has 2 N–H and O–H groups in total. The van der Waals surface area contributed by atoms with E-state index in [0.29, 0.717) is 18.9 Å². The molecule has 1 aliphatic rings. The molecule has 3 atom stereocenters. The summed E-state index contributed by atoms with van der Waals surface area (Å²) in [5.74, 6) is 0.445. The minimum atomic E-state index is -0.816. The highest BCUT2D eigenvalue weighted by Gasteiger charge is 2.27. The fourth-order valence-corrected chi connectivity index (χ4v) is 2.72. The molecule has 1 aliphatic carbocycles. The van der Waals surface area contributed by atoms with Gasteiger partial charge in [0.25, 0.3) is 0 Å². The molecule has 0 saturated heterocycles. The van der Waals surface area contributed by atoms with E-state index in [1.165, 1.54) is 0 Å². The van der Waals surface area contributed by atoms with E-state index in [4.69, 9.17) is 5.11 Å². The van der Waals surface area contributed by atoms with Crippen LogP contribution >= 0.6 is 0 Å². The first-order valence-electron chi connectivity index (χ1n) is 7.13. The van der Waals surface area contributed by atoms with Gasteiger partial charge in [0.1, 0.15) is 0 Å². The molecular weight excluding hydrogens is 244 g/mol. The van der Waals surface area contributed by atoms with Crippen LogP contribution in [0.2, 0.25) is 0 Å². The number of hydrogen-bond donors (Lipinski definition) is 2. The molecule has 1 rings (SSSR count). The molecule has 0 aromatic rings. The van der Waals surface area contributed by atoms with Crippen molar-refractivity contribution in [3.05, 3.63) is 0 Å². The molecule has 0 aliphatic heterocycles. The fourth-order valence-electron chi connectivity index (χ4n) is 2.72. The van der Waals surface area contributed by atoms with Crippen molar-refractivity contribution in [2.75, 3.05) is 13.6 Å². The lowest BCUT2D eigenvalue weighted by Gasteiger charge is -2.34. The van der Waals surface area contributed by atoms with E-state index in [9.17, 15) is 9.59 Å². The van der Waals surface area contributed by atoms with Gasteiger partial charge in [-0.25, -0.2) is 4.79 Å². The van der Waals surface area contributed by atoms with Crippen molar-refractivity contribution < 1.29 is 14.7 Å². The predicted molar refractivity (Wildman–Crippen MR) is 74.0 cm³/mol. The predicted octanol–water partition coefficient (Wildman–Crippen LogP) is 2.32. The minimum absolute atomic E-state index is 0.0863. The molecule has 3 unspecified atom stereocenters. The Hall–Kier alpha value is -1.26. The van der Waals surface area contributed by atoms with E-state index in [0.717, 1.165) is 25.2 Å². The standard InChI is InChI=1S/C14H26N2O3/c1-10-6-7-12(11(2)9-10)15-14(19)16(3)8-4-5-13(17)18/h10-12H,4-9H2,1-3H3,(H,15,19)(H,17,18). The quantitative estimate of drug-likeness (QED) is 0.805. The Kier molecular flexibility index (Phi) is 6.12. The third kappa shape index (κ3) is 5.49. The summed E-state index contributed by atoms with van der Waals surface area (Å²) < 4.78 is 0. The van der Waals surface area contributed by atoms with Gasteiger partial charge < -0.3 is 15.3 Å². The summed E-state index contributed by atoms with van der Waals surface area (Å²) >= 11 is 0. The third-order valence-corrected chi connectivity index (χ3v) is 3.97. The van der Waals surface area contributed by atoms with E-state index in [1.54, 1.807) is 11.9 Å². The SMILES string of the molecule is CC1CCC(NC(=O)N(C)CCCC(=O)O)C(C)C1. The van der Waals surface area contributed by atoms with Gasteiger partial charge >= 0.3 is 12.0 Å². The van der Waals surface area contributed by atoms with Gasteiger partial charge in [0, 0.05) is 26.1 Å². The number of carboxylic acid groups (broad SMARTS) is 1. The van der Waals surface area contributed by atoms with Gasteiger partial charge in [-0.1, -0.05) is 13.8 Å². The van der Waals surface area contributed by atoms with Gasteiger partial charge in [0.05, 0.1) is 0 Å². The Bertz CT molecular complexity index is 320. The summed E-state index contributed by atoms with van der Waals surface area (Å²) in [6.45, 7) is 4.92. The van der Waals surface area contributed by atoms with Crippen molar-refractivity contribution >= 4 is 12.0 Å². The van der Waals surface area contributed by atoms with Gasteiger partial charge in [-0.2, -0.15) is 0 Å². The van der Waals surface area contributed by atoms with Crippen molar-refractivity contribution in [1.82, 2.24) is 10.2 Å². The van der Waals surface area contributed by atoms with Crippen molar-refractivity contribution in [3.8, 4) is 0 Å². The third-order valence-electron chi connectivity index (χ3n) is 3.97. The second-order valence-corrected chi connectivity index (χ2v) is 5.87. The van der Waals surface area contributed by atoms with Gasteiger partial charge in [0.2, 0.25) is 0 Å². The highest BCUT2D eigenvalue weighted by molar-refractivity contribution is 5.74. The molecule has 5 heteroatoms. The number of carbonyl (C=O) groups excluding carboxylic acids is 1. The molecule has 2 amide bonds. The van der Waals surface area contributed by atoms with Crippen LogP contribution in [0.1, 0.15) is 46.0 Å². The molecule has 0 radical (unpaired) electrons. The number of amides is 2. The smallest absolute Gasteiger partial charge is 0.317 e. The van der Waals surface area contributed by atoms with Crippen molar-refractivity contribution in [2.24, 2.45) is 11.8 Å². The normalized spacial score (nSPS) is 26.8. The number of nitrogens with one attached hydrogen (secondary N) is 1. The first-order chi connectivity index (χ1) is 8.90. The number of carbonyl (C=O) groups is 2. The monoisotopic (exact) mass is 270 g/mol. The van der Waals surface area contributed by atoms with Gasteiger partial charge in [0.15, 0.2) is 0 Å². The Morgan fingerprint density at radius 1 is 1.32 bits per heavy atom. The number of nitrogens with zero attached hydrogens (tertiary/aromatic N) is 1. The van der Waals surface area contributed by atoms with Gasteiger partial charge in [-0.15, -0.1) is 0 Å². The first-order valence-corrected chi connectivity index (χ1v) is 7.13. The molecular formula is C14H26N2O3. The molecule has 5 nitrogen and oxygen atoms in total. The van der Waals surface area contributed by atoms with Crippen LogP contribution in [0, 0.1) is 11.8 Å². The Morgan fingerprint density at radius 2 is 2.00 bits per heavy atom. The molecule has 0 aromatic carbocycles. The van der Waals surface area contributed by atoms with Crippen LogP contribution < -0.4 is 5.32 Å². The maximum absolute atomic E-state index is 12.0. The lowest BCUT2D eigenvalue weighted by molar-refractivity contribution is -0.137. The highest BCUT2D eigenvalue weighted by atomic mass is 16.4. The van der Waals surface area contributed by atoms with E-state index in [1.807, 2.05) is 0 Å². The molecule has 1 saturated carbocycles. The summed E-state index contributed by atoms with van der Waals surface area (Å²) in [6.07, 6.45) is 3.97. The molecule has 110 valence electrons. The van der Waals surface area contributed by atoms with Crippen molar-refractivity contribution in [1.29, 1.82) is 0 Å². The van der Waals surface area contributed by atoms with Gasteiger partial charge in [-0.3, -0.25) is 4.79 Å². The summed E-state index contributed by atoms with van der Waals surface area (Å²) in [5, 5.41) is 11.6. The second-order valence-electron chi connectivity index (χ2n) is 5.87. The lowest BCUT2D eigenvalue weighted by atomic mass is 9.80. The zero-order chi connectivity index (χ0) is 14.4. The topological polar surface area (TPSA) is 69.6 Å². The zero-order valence-corrected chi connectivity index (χ0v) is 12.2. The Labute approximate surface area is 115 Å². The summed E-state index contributed by atoms with van der Waals surface area (Å²) in [6, 6.07) is 0.169. The summed E-state index contributed by atoms with van der Waals surface area (Å²) in [4.78, 5) is 24.0. The van der Waals surface area contributed by atoms with Crippen LogP contribution in [0.5, 0.6) is 0 Å². The van der Waals surface area contributed by atoms with Crippen LogP contribution in [-0.4, -0.2) is 41.6 Å². The number of carboxylic acids is 1. The molecule has 1 fully saturated rings. The molecule has 19 heavy (non-hydrogen) atoms. The van der Waals surface area contributed by atoms with Crippen molar-refractivity contribution in [3.63, 3.8) is 0 Å².